The third kappa shape index (κ3) is 4.28. The highest BCUT2D eigenvalue weighted by molar-refractivity contribution is 5.41. The Balaban J connectivity index is 1.75. The zero-order chi connectivity index (χ0) is 15.9. The average molecular weight is 308 g/mol. The van der Waals surface area contributed by atoms with E-state index in [9.17, 15) is 0 Å². The first-order valence-corrected chi connectivity index (χ1v) is 7.83. The second kappa shape index (κ2) is 7.73. The summed E-state index contributed by atoms with van der Waals surface area (Å²) >= 11 is 0. The third-order valence-electron chi connectivity index (χ3n) is 3.96. The molecule has 1 aliphatic rings. The van der Waals surface area contributed by atoms with E-state index in [1.807, 2.05) is 12.1 Å². The first-order chi connectivity index (χ1) is 11.3. The summed E-state index contributed by atoms with van der Waals surface area (Å²) in [7, 11) is 0. The van der Waals surface area contributed by atoms with Crippen LogP contribution in [0.4, 0.5) is 5.82 Å². The number of aromatic nitrogens is 1. The highest BCUT2D eigenvalue weighted by Gasteiger charge is 2.18. The van der Waals surface area contributed by atoms with Crippen LogP contribution in [0.25, 0.3) is 0 Å². The van der Waals surface area contributed by atoms with Crippen molar-refractivity contribution in [1.82, 2.24) is 9.88 Å². The minimum absolute atomic E-state index is 0.148. The Bertz CT molecular complexity index is 645. The van der Waals surface area contributed by atoms with Crippen molar-refractivity contribution in [2.24, 2.45) is 0 Å². The van der Waals surface area contributed by atoms with Crippen LogP contribution in [-0.4, -0.2) is 42.7 Å². The van der Waals surface area contributed by atoms with Gasteiger partial charge in [-0.3, -0.25) is 4.90 Å². The fourth-order valence-corrected chi connectivity index (χ4v) is 2.69. The summed E-state index contributed by atoms with van der Waals surface area (Å²) in [6, 6.07) is 16.3. The Morgan fingerprint density at radius 3 is 2.61 bits per heavy atom. The van der Waals surface area contributed by atoms with Crippen LogP contribution in [0.2, 0.25) is 0 Å². The molecule has 23 heavy (non-hydrogen) atoms. The van der Waals surface area contributed by atoms with Crippen LogP contribution >= 0.6 is 0 Å². The van der Waals surface area contributed by atoms with Crippen LogP contribution in [0, 0.1) is 11.3 Å². The van der Waals surface area contributed by atoms with Gasteiger partial charge < -0.3 is 10.1 Å². The molecule has 5 nitrogen and oxygen atoms in total. The lowest BCUT2D eigenvalue weighted by Crippen LogP contribution is -2.40. The van der Waals surface area contributed by atoms with Gasteiger partial charge in [0.2, 0.25) is 0 Å². The minimum Gasteiger partial charge on any atom is -0.379 e. The predicted octanol–water partition coefficient (Wildman–Crippen LogP) is 2.44. The van der Waals surface area contributed by atoms with E-state index in [1.165, 1.54) is 5.56 Å². The summed E-state index contributed by atoms with van der Waals surface area (Å²) < 4.78 is 5.43. The molecule has 1 N–H and O–H groups in total. The maximum absolute atomic E-state index is 8.88. The van der Waals surface area contributed by atoms with E-state index in [2.05, 4.69) is 45.5 Å². The van der Waals surface area contributed by atoms with Gasteiger partial charge in [-0.15, -0.1) is 0 Å². The van der Waals surface area contributed by atoms with E-state index in [4.69, 9.17) is 10.00 Å². The first-order valence-electron chi connectivity index (χ1n) is 7.83. The maximum atomic E-state index is 8.88. The van der Waals surface area contributed by atoms with Crippen molar-refractivity contribution in [3.05, 3.63) is 59.8 Å². The molecule has 0 saturated carbocycles. The Kier molecular flexibility index (Phi) is 5.20. The number of hydrogen-bond acceptors (Lipinski definition) is 5. The van der Waals surface area contributed by atoms with Crippen molar-refractivity contribution in [3.8, 4) is 6.07 Å². The fraction of sp³-hybridized carbons (Fsp3) is 0.333. The molecule has 3 rings (SSSR count). The molecule has 1 aliphatic heterocycles. The molecule has 1 unspecified atom stereocenters. The Morgan fingerprint density at radius 2 is 1.96 bits per heavy atom. The zero-order valence-electron chi connectivity index (χ0n) is 13.0. The van der Waals surface area contributed by atoms with E-state index in [0.29, 0.717) is 5.56 Å². The molecule has 2 heterocycles. The van der Waals surface area contributed by atoms with Crippen molar-refractivity contribution in [2.75, 3.05) is 38.2 Å². The van der Waals surface area contributed by atoms with Crippen molar-refractivity contribution < 1.29 is 4.74 Å². The SMILES string of the molecule is N#Cc1ccc(NC(CN2CCOCC2)c2ccccc2)nc1. The Hall–Kier alpha value is -2.42. The smallest absolute Gasteiger partial charge is 0.126 e. The normalized spacial score (nSPS) is 16.5. The lowest BCUT2D eigenvalue weighted by molar-refractivity contribution is 0.0360. The zero-order valence-corrected chi connectivity index (χ0v) is 13.0. The number of pyridine rings is 1. The average Bonchev–Trinajstić information content (AvgIpc) is 2.63. The number of nitrogens with zero attached hydrogens (tertiary/aromatic N) is 3. The number of nitrogens with one attached hydrogen (secondary N) is 1. The van der Waals surface area contributed by atoms with Gasteiger partial charge in [-0.05, 0) is 17.7 Å². The molecular weight excluding hydrogens is 288 g/mol. The molecule has 0 bridgehead atoms. The summed E-state index contributed by atoms with van der Waals surface area (Å²) in [6.45, 7) is 4.37. The molecule has 1 fully saturated rings. The summed E-state index contributed by atoms with van der Waals surface area (Å²) in [5.41, 5.74) is 1.80. The molecule has 2 aromatic rings. The van der Waals surface area contributed by atoms with Gasteiger partial charge in [-0.1, -0.05) is 30.3 Å². The van der Waals surface area contributed by atoms with Gasteiger partial charge in [-0.2, -0.15) is 5.26 Å². The predicted molar refractivity (Wildman–Crippen MR) is 89.0 cm³/mol. The highest BCUT2D eigenvalue weighted by atomic mass is 16.5. The van der Waals surface area contributed by atoms with E-state index in [0.717, 1.165) is 38.7 Å². The highest BCUT2D eigenvalue weighted by Crippen LogP contribution is 2.20. The van der Waals surface area contributed by atoms with Gasteiger partial charge in [-0.25, -0.2) is 4.98 Å². The third-order valence-corrected chi connectivity index (χ3v) is 3.96. The van der Waals surface area contributed by atoms with Gasteiger partial charge in [0, 0.05) is 25.8 Å². The molecule has 1 aromatic heterocycles. The van der Waals surface area contributed by atoms with E-state index >= 15 is 0 Å². The second-order valence-electron chi connectivity index (χ2n) is 5.56. The van der Waals surface area contributed by atoms with E-state index in [-0.39, 0.29) is 6.04 Å². The topological polar surface area (TPSA) is 61.2 Å². The van der Waals surface area contributed by atoms with Gasteiger partial charge >= 0.3 is 0 Å². The molecule has 5 heteroatoms. The monoisotopic (exact) mass is 308 g/mol. The van der Waals surface area contributed by atoms with Crippen molar-refractivity contribution >= 4 is 5.82 Å². The Morgan fingerprint density at radius 1 is 1.17 bits per heavy atom. The molecule has 1 atom stereocenters. The van der Waals surface area contributed by atoms with Crippen LogP contribution in [0.1, 0.15) is 17.2 Å². The summed E-state index contributed by atoms with van der Waals surface area (Å²) in [4.78, 5) is 6.73. The van der Waals surface area contributed by atoms with Crippen LogP contribution in [0.3, 0.4) is 0 Å². The summed E-state index contributed by atoms with van der Waals surface area (Å²) in [5, 5.41) is 12.4. The number of morpholine rings is 1. The van der Waals surface area contributed by atoms with Crippen molar-refractivity contribution in [2.45, 2.75) is 6.04 Å². The number of nitriles is 1. The largest absolute Gasteiger partial charge is 0.379 e. The molecule has 118 valence electrons. The van der Waals surface area contributed by atoms with Crippen molar-refractivity contribution in [3.63, 3.8) is 0 Å². The maximum Gasteiger partial charge on any atom is 0.126 e. The summed E-state index contributed by atoms with van der Waals surface area (Å²) in [6.07, 6.45) is 1.60. The number of ether oxygens (including phenoxy) is 1. The van der Waals surface area contributed by atoms with Crippen LogP contribution < -0.4 is 5.32 Å². The standard InChI is InChI=1S/C18H20N4O/c19-12-15-6-7-18(20-13-15)21-17(16-4-2-1-3-5-16)14-22-8-10-23-11-9-22/h1-7,13,17H,8-11,14H2,(H,20,21). The summed E-state index contributed by atoms with van der Waals surface area (Å²) in [5.74, 6) is 0.783. The molecule has 1 aromatic carbocycles. The van der Waals surface area contributed by atoms with Crippen LogP contribution in [0.15, 0.2) is 48.7 Å². The van der Waals surface area contributed by atoms with Crippen LogP contribution in [0.5, 0.6) is 0 Å². The second-order valence-corrected chi connectivity index (χ2v) is 5.56. The van der Waals surface area contributed by atoms with E-state index in [1.54, 1.807) is 12.3 Å². The van der Waals surface area contributed by atoms with Gasteiger partial charge in [0.05, 0.1) is 24.8 Å². The van der Waals surface area contributed by atoms with Crippen LogP contribution in [-0.2, 0) is 4.74 Å². The van der Waals surface area contributed by atoms with Crippen molar-refractivity contribution in [1.29, 1.82) is 5.26 Å². The number of hydrogen-bond donors (Lipinski definition) is 1. The molecule has 0 amide bonds. The van der Waals surface area contributed by atoms with E-state index < -0.39 is 0 Å². The molecule has 0 radical (unpaired) electrons. The molecule has 0 spiro atoms. The number of rotatable bonds is 5. The lowest BCUT2D eigenvalue weighted by Gasteiger charge is -2.31. The van der Waals surface area contributed by atoms with Gasteiger partial charge in [0.1, 0.15) is 11.9 Å². The van der Waals surface area contributed by atoms with Gasteiger partial charge in [0.25, 0.3) is 0 Å². The number of benzene rings is 1. The molecule has 0 aliphatic carbocycles. The van der Waals surface area contributed by atoms with Gasteiger partial charge in [0.15, 0.2) is 0 Å². The fourth-order valence-electron chi connectivity index (χ4n) is 2.69. The number of anilines is 1. The molecular formula is C18H20N4O. The first kappa shape index (κ1) is 15.5. The molecule has 1 saturated heterocycles. The quantitative estimate of drug-likeness (QED) is 0.919. The minimum atomic E-state index is 0.148. The Labute approximate surface area is 136 Å². The lowest BCUT2D eigenvalue weighted by atomic mass is 10.1.